The average Bonchev–Trinajstić information content (AvgIpc) is 2.64. The van der Waals surface area contributed by atoms with Gasteiger partial charge in [-0.2, -0.15) is 0 Å². The topological polar surface area (TPSA) is 18.5 Å². The lowest BCUT2D eigenvalue weighted by Crippen LogP contribution is -2.67. The first-order chi connectivity index (χ1) is 12.2. The number of quaternary nitrogens is 1. The molecule has 25 heavy (non-hydrogen) atoms. The minimum Gasteiger partial charge on any atom is -0.493 e. The van der Waals surface area contributed by atoms with Gasteiger partial charge in [0, 0.05) is 23.4 Å². The summed E-state index contributed by atoms with van der Waals surface area (Å²) in [4.78, 5) is 0. The zero-order valence-corrected chi connectivity index (χ0v) is 15.6. The van der Waals surface area contributed by atoms with E-state index in [1.54, 1.807) is 14.2 Å². The zero-order valence-electron chi connectivity index (χ0n) is 14.9. The van der Waals surface area contributed by atoms with Crippen molar-refractivity contribution < 1.29 is 14.0 Å². The predicted molar refractivity (Wildman–Crippen MR) is 100 cm³/mol. The quantitative estimate of drug-likeness (QED) is 0.589. The highest BCUT2D eigenvalue weighted by atomic mass is 35.5. The maximum Gasteiger partial charge on any atom is 0.161 e. The summed E-state index contributed by atoms with van der Waals surface area (Å²) in [6, 6.07) is 15.6. The van der Waals surface area contributed by atoms with E-state index in [0.29, 0.717) is 17.8 Å². The monoisotopic (exact) mass is 358 g/mol. The standard InChI is InChI=1S/C21H25ClNO2/c1-24-19-10-16-8-9-23(13-15-6-4-3-5-7-15)14-17(12-22)21(23)18(16)11-20(19)25-2/h3-7,10-11,17,21H,8-9,12-14H2,1-2H3/q+1/t17-,21-,23?/m1/s1. The molecule has 0 spiro atoms. The molecule has 2 heterocycles. The molecular formula is C21H25ClNO2+. The minimum absolute atomic E-state index is 0.460. The second kappa shape index (κ2) is 6.54. The van der Waals surface area contributed by atoms with E-state index in [4.69, 9.17) is 21.1 Å². The summed E-state index contributed by atoms with van der Waals surface area (Å²) in [5.41, 5.74) is 4.19. The summed E-state index contributed by atoms with van der Waals surface area (Å²) in [5.74, 6) is 2.89. The van der Waals surface area contributed by atoms with Gasteiger partial charge in [0.15, 0.2) is 11.5 Å². The fourth-order valence-corrected chi connectivity index (χ4v) is 5.13. The highest BCUT2D eigenvalue weighted by Crippen LogP contribution is 2.53. The van der Waals surface area contributed by atoms with E-state index >= 15 is 0 Å². The third-order valence-corrected chi connectivity index (χ3v) is 6.36. The van der Waals surface area contributed by atoms with E-state index in [1.807, 2.05) is 0 Å². The van der Waals surface area contributed by atoms with Crippen LogP contribution in [0, 0.1) is 5.92 Å². The Morgan fingerprint density at radius 3 is 2.48 bits per heavy atom. The van der Waals surface area contributed by atoms with Crippen molar-refractivity contribution in [1.82, 2.24) is 0 Å². The van der Waals surface area contributed by atoms with Crippen LogP contribution in [0.3, 0.4) is 0 Å². The highest BCUT2D eigenvalue weighted by molar-refractivity contribution is 6.18. The Morgan fingerprint density at radius 1 is 1.08 bits per heavy atom. The maximum atomic E-state index is 6.32. The van der Waals surface area contributed by atoms with Crippen LogP contribution in [0.4, 0.5) is 0 Å². The van der Waals surface area contributed by atoms with Crippen molar-refractivity contribution in [1.29, 1.82) is 0 Å². The number of halogens is 1. The third kappa shape index (κ3) is 2.70. The number of alkyl halides is 1. The van der Waals surface area contributed by atoms with Crippen molar-refractivity contribution in [3.05, 3.63) is 59.2 Å². The van der Waals surface area contributed by atoms with Gasteiger partial charge in [0.2, 0.25) is 0 Å². The van der Waals surface area contributed by atoms with E-state index in [0.717, 1.165) is 42.0 Å². The third-order valence-electron chi connectivity index (χ3n) is 5.96. The van der Waals surface area contributed by atoms with E-state index < -0.39 is 0 Å². The Hall–Kier alpha value is -1.71. The summed E-state index contributed by atoms with van der Waals surface area (Å²) < 4.78 is 12.2. The van der Waals surface area contributed by atoms with E-state index in [-0.39, 0.29) is 0 Å². The number of benzene rings is 2. The number of rotatable bonds is 5. The van der Waals surface area contributed by atoms with Crippen LogP contribution in [-0.2, 0) is 13.0 Å². The molecule has 0 saturated carbocycles. The second-order valence-corrected chi connectivity index (χ2v) is 7.59. The molecule has 0 aromatic heterocycles. The molecule has 2 aromatic rings. The van der Waals surface area contributed by atoms with Gasteiger partial charge < -0.3 is 14.0 Å². The van der Waals surface area contributed by atoms with E-state index in [9.17, 15) is 0 Å². The molecule has 0 radical (unpaired) electrons. The smallest absolute Gasteiger partial charge is 0.161 e. The highest BCUT2D eigenvalue weighted by Gasteiger charge is 2.56. The Kier molecular flexibility index (Phi) is 4.38. The van der Waals surface area contributed by atoms with Crippen molar-refractivity contribution in [3.63, 3.8) is 0 Å². The predicted octanol–water partition coefficient (Wildman–Crippen LogP) is 4.19. The first kappa shape index (κ1) is 16.7. The summed E-state index contributed by atoms with van der Waals surface area (Å²) in [7, 11) is 3.41. The van der Waals surface area contributed by atoms with Gasteiger partial charge >= 0.3 is 0 Å². The lowest BCUT2D eigenvalue weighted by molar-refractivity contribution is -1.02. The Balaban J connectivity index is 1.73. The molecule has 2 aliphatic rings. The molecule has 0 aliphatic carbocycles. The van der Waals surface area contributed by atoms with Crippen LogP contribution >= 0.6 is 11.6 Å². The molecule has 2 aliphatic heterocycles. The fraction of sp³-hybridized carbons (Fsp3) is 0.429. The number of nitrogens with zero attached hydrogens (tertiary/aromatic N) is 1. The van der Waals surface area contributed by atoms with Gasteiger partial charge in [-0.1, -0.05) is 30.3 Å². The molecule has 3 nitrogen and oxygen atoms in total. The van der Waals surface area contributed by atoms with Gasteiger partial charge in [0.25, 0.3) is 0 Å². The zero-order chi connectivity index (χ0) is 17.4. The lowest BCUT2D eigenvalue weighted by Gasteiger charge is -2.59. The first-order valence-electron chi connectivity index (χ1n) is 8.91. The molecule has 4 rings (SSSR count). The summed E-state index contributed by atoms with van der Waals surface area (Å²) >= 11 is 6.32. The minimum atomic E-state index is 0.460. The molecule has 4 heteroatoms. The van der Waals surface area contributed by atoms with Crippen molar-refractivity contribution in [3.8, 4) is 11.5 Å². The first-order valence-corrected chi connectivity index (χ1v) is 9.44. The summed E-state index contributed by atoms with van der Waals surface area (Å²) in [6.45, 7) is 3.40. The van der Waals surface area contributed by atoms with Gasteiger partial charge in [-0.15, -0.1) is 11.6 Å². The van der Waals surface area contributed by atoms with Crippen LogP contribution in [0.5, 0.6) is 11.5 Å². The Morgan fingerprint density at radius 2 is 1.80 bits per heavy atom. The molecule has 3 atom stereocenters. The molecular weight excluding hydrogens is 334 g/mol. The lowest BCUT2D eigenvalue weighted by atomic mass is 9.74. The van der Waals surface area contributed by atoms with E-state index in [2.05, 4.69) is 42.5 Å². The van der Waals surface area contributed by atoms with Crippen molar-refractivity contribution >= 4 is 11.6 Å². The van der Waals surface area contributed by atoms with Crippen molar-refractivity contribution in [2.24, 2.45) is 5.92 Å². The number of fused-ring (bicyclic) bond motifs is 3. The van der Waals surface area contributed by atoms with E-state index in [1.165, 1.54) is 16.7 Å². The van der Waals surface area contributed by atoms with Crippen LogP contribution in [0.25, 0.3) is 0 Å². The summed E-state index contributed by atoms with van der Waals surface area (Å²) in [5, 5.41) is 0. The molecule has 0 bridgehead atoms. The van der Waals surface area contributed by atoms with Crippen LogP contribution in [0.2, 0.25) is 0 Å². The second-order valence-electron chi connectivity index (χ2n) is 7.28. The van der Waals surface area contributed by atoms with Gasteiger partial charge in [-0.05, 0) is 17.7 Å². The largest absolute Gasteiger partial charge is 0.493 e. The number of ether oxygens (including phenoxy) is 2. The number of hydrogen-bond acceptors (Lipinski definition) is 2. The normalized spacial score (nSPS) is 27.0. The SMILES string of the molecule is COc1cc2c(cc1OC)[C@H]1[C@H](CCl)C[N+]1(Cc1ccccc1)CC2. The van der Waals surface area contributed by atoms with Gasteiger partial charge in [0.1, 0.15) is 12.6 Å². The maximum absolute atomic E-state index is 6.32. The van der Waals surface area contributed by atoms with Gasteiger partial charge in [-0.25, -0.2) is 0 Å². The van der Waals surface area contributed by atoms with Crippen LogP contribution < -0.4 is 9.47 Å². The van der Waals surface area contributed by atoms with Crippen LogP contribution in [0.1, 0.15) is 22.7 Å². The molecule has 132 valence electrons. The van der Waals surface area contributed by atoms with Crippen molar-refractivity contribution in [2.75, 3.05) is 33.2 Å². The summed E-state index contributed by atoms with van der Waals surface area (Å²) in [6.07, 6.45) is 1.08. The molecule has 1 unspecified atom stereocenters. The average molecular weight is 359 g/mol. The number of hydrogen-bond donors (Lipinski definition) is 0. The van der Waals surface area contributed by atoms with Crippen molar-refractivity contribution in [2.45, 2.75) is 19.0 Å². The van der Waals surface area contributed by atoms with Gasteiger partial charge in [0.05, 0.1) is 33.2 Å². The molecule has 1 fully saturated rings. The molecule has 0 N–H and O–H groups in total. The van der Waals surface area contributed by atoms with Crippen LogP contribution in [0.15, 0.2) is 42.5 Å². The number of methoxy groups -OCH3 is 2. The van der Waals surface area contributed by atoms with Crippen LogP contribution in [-0.4, -0.2) is 37.7 Å². The Labute approximate surface area is 154 Å². The molecule has 2 aromatic carbocycles. The molecule has 1 saturated heterocycles. The fourth-order valence-electron chi connectivity index (χ4n) is 4.86. The molecule has 0 amide bonds. The Bertz CT molecular complexity index is 764. The van der Waals surface area contributed by atoms with Gasteiger partial charge in [-0.3, -0.25) is 0 Å².